The average molecular weight is 701 g/mol. The normalized spacial score (nSPS) is 17.6. The summed E-state index contributed by atoms with van der Waals surface area (Å²) in [6, 6.07) is 4.59. The third kappa shape index (κ3) is 5.10. The predicted molar refractivity (Wildman–Crippen MR) is 191 cm³/mol. The number of piperazine rings is 1. The Kier molecular flexibility index (Phi) is 8.32. The first kappa shape index (κ1) is 33.5. The van der Waals surface area contributed by atoms with Crippen molar-refractivity contribution in [2.24, 2.45) is 0 Å². The van der Waals surface area contributed by atoms with Crippen LogP contribution in [0.1, 0.15) is 69.8 Å². The summed E-state index contributed by atoms with van der Waals surface area (Å²) >= 11 is 7.09. The van der Waals surface area contributed by atoms with Crippen molar-refractivity contribution < 1.29 is 18.3 Å². The number of nitrogens with zero attached hydrogens (tertiary/aromatic N) is 5. The van der Waals surface area contributed by atoms with Crippen molar-refractivity contribution in [3.05, 3.63) is 85.9 Å². The van der Waals surface area contributed by atoms with Gasteiger partial charge in [0.2, 0.25) is 11.7 Å². The number of hydrogen-bond donors (Lipinski definition) is 1. The summed E-state index contributed by atoms with van der Waals surface area (Å²) in [4.78, 5) is 55.9. The molecule has 0 radical (unpaired) electrons. The van der Waals surface area contributed by atoms with E-state index in [2.05, 4.69) is 26.4 Å². The molecule has 1 fully saturated rings. The minimum atomic E-state index is -0.783. The molecule has 2 aromatic carbocycles. The number of hydrogen-bond acceptors (Lipinski definition) is 8. The van der Waals surface area contributed by atoms with Crippen LogP contribution in [0.5, 0.6) is 5.75 Å². The molecule has 2 unspecified atom stereocenters. The Morgan fingerprint density at radius 1 is 1.10 bits per heavy atom. The van der Waals surface area contributed by atoms with Gasteiger partial charge < -0.3 is 19.0 Å². The van der Waals surface area contributed by atoms with Crippen molar-refractivity contribution in [3.63, 3.8) is 0 Å². The minimum absolute atomic E-state index is 0.0204. The Hall–Kier alpha value is -4.97. The fourth-order valence-corrected chi connectivity index (χ4v) is 7.76. The summed E-state index contributed by atoms with van der Waals surface area (Å²) in [5.74, 6) is -1.92. The highest BCUT2D eigenvalue weighted by Crippen LogP contribution is 2.47. The molecule has 0 spiro atoms. The number of fused-ring (bicyclic) bond motifs is 6. The highest BCUT2D eigenvalue weighted by Gasteiger charge is 2.40. The number of anilines is 1. The monoisotopic (exact) mass is 700 g/mol. The number of benzene rings is 2. The van der Waals surface area contributed by atoms with E-state index in [1.54, 1.807) is 30.0 Å². The van der Waals surface area contributed by atoms with Crippen molar-refractivity contribution in [1.29, 1.82) is 0 Å². The number of carbonyl (C=O) groups excluding carboxylic acids is 1. The van der Waals surface area contributed by atoms with Crippen molar-refractivity contribution in [1.82, 2.24) is 24.4 Å². The first-order valence-electron chi connectivity index (χ1n) is 16.7. The van der Waals surface area contributed by atoms with Gasteiger partial charge in [0.15, 0.2) is 11.4 Å². The topological polar surface area (TPSA) is 127 Å². The number of oxazole rings is 1. The Bertz CT molecular complexity index is 2320. The van der Waals surface area contributed by atoms with Crippen LogP contribution < -0.4 is 21.0 Å². The van der Waals surface area contributed by atoms with Gasteiger partial charge in [-0.25, -0.2) is 19.2 Å². The van der Waals surface area contributed by atoms with Crippen LogP contribution in [0.15, 0.2) is 51.2 Å². The van der Waals surface area contributed by atoms with Crippen molar-refractivity contribution in [2.75, 3.05) is 24.6 Å². The highest BCUT2D eigenvalue weighted by atomic mass is 35.5. The fourth-order valence-electron chi connectivity index (χ4n) is 7.48. The molecule has 50 heavy (non-hydrogen) atoms. The van der Waals surface area contributed by atoms with Crippen molar-refractivity contribution >= 4 is 45.2 Å². The molecule has 13 heteroatoms. The van der Waals surface area contributed by atoms with Gasteiger partial charge in [0, 0.05) is 42.1 Å². The number of ether oxygens (including phenoxy) is 1. The molecular weight excluding hydrogens is 663 g/mol. The molecule has 1 saturated heterocycles. The number of aromatic nitrogens is 4. The maximum absolute atomic E-state index is 18.0. The lowest BCUT2D eigenvalue weighted by atomic mass is 9.95. The number of nitrogens with one attached hydrogen (secondary N) is 1. The Morgan fingerprint density at radius 2 is 1.80 bits per heavy atom. The Balaban J connectivity index is 1.65. The quantitative estimate of drug-likeness (QED) is 0.203. The summed E-state index contributed by atoms with van der Waals surface area (Å²) < 4.78 is 31.2. The molecule has 0 bridgehead atoms. The number of H-pyrrole nitrogens is 1. The van der Waals surface area contributed by atoms with E-state index in [0.717, 1.165) is 0 Å². The summed E-state index contributed by atoms with van der Waals surface area (Å²) in [5.41, 5.74) is 2.71. The van der Waals surface area contributed by atoms with Crippen LogP contribution in [0.3, 0.4) is 0 Å². The molecule has 2 aliphatic rings. The molecule has 260 valence electrons. The third-order valence-corrected chi connectivity index (χ3v) is 10.1. The third-order valence-electron chi connectivity index (χ3n) is 9.81. The zero-order chi connectivity index (χ0) is 35.8. The van der Waals surface area contributed by atoms with Gasteiger partial charge in [-0.3, -0.25) is 19.1 Å². The van der Waals surface area contributed by atoms with Gasteiger partial charge in [0.25, 0.3) is 5.56 Å². The number of rotatable bonds is 5. The van der Waals surface area contributed by atoms with E-state index in [1.165, 1.54) is 17.0 Å². The second-order valence-corrected chi connectivity index (χ2v) is 14.1. The van der Waals surface area contributed by atoms with E-state index in [0.29, 0.717) is 58.7 Å². The summed E-state index contributed by atoms with van der Waals surface area (Å²) in [6.45, 7) is 16.1. The predicted octanol–water partition coefficient (Wildman–Crippen LogP) is 6.60. The summed E-state index contributed by atoms with van der Waals surface area (Å²) in [5, 5.41) is 0.399. The van der Waals surface area contributed by atoms with Crippen LogP contribution in [0.25, 0.3) is 38.8 Å². The molecule has 11 nitrogen and oxygen atoms in total. The molecule has 0 saturated carbocycles. The maximum atomic E-state index is 18.0. The highest BCUT2D eigenvalue weighted by molar-refractivity contribution is 6.35. The second-order valence-electron chi connectivity index (χ2n) is 13.7. The number of amides is 1. The Labute approximate surface area is 292 Å². The van der Waals surface area contributed by atoms with E-state index < -0.39 is 17.1 Å². The zero-order valence-corrected chi connectivity index (χ0v) is 29.5. The molecule has 0 aliphatic carbocycles. The number of pyridine rings is 1. The van der Waals surface area contributed by atoms with E-state index in [4.69, 9.17) is 20.8 Å². The number of aryl methyl sites for hydroxylation is 1. The second kappa shape index (κ2) is 12.4. The fraction of sp³-hybridized carbons (Fsp3) is 0.378. The van der Waals surface area contributed by atoms with E-state index in [-0.39, 0.29) is 69.4 Å². The lowest BCUT2D eigenvalue weighted by Crippen LogP contribution is -2.59. The lowest BCUT2D eigenvalue weighted by Gasteiger charge is -2.45. The average Bonchev–Trinajstić information content (AvgIpc) is 3.35. The van der Waals surface area contributed by atoms with E-state index in [1.807, 2.05) is 34.6 Å². The van der Waals surface area contributed by atoms with Gasteiger partial charge in [-0.05, 0) is 49.5 Å². The number of aromatic amines is 1. The standard InChI is InChI=1S/C37H38ClFN6O5/c1-8-25(46)43-15-21-11-12-49-35-32(44(21)14-20(43)7)22-13-23(38)27(26-19(6)9-10-24-34(26)50-37(48)42-24)28(39)31(22)45(36(35)47)33-29(17(2)3)40-16-41-30(33)18(4)5/h8-10,13,16-18,20-21H,1,11-12,14-15H2,2-7H3,(H,42,48). The Morgan fingerprint density at radius 3 is 2.46 bits per heavy atom. The van der Waals surface area contributed by atoms with Crippen LogP contribution in [-0.4, -0.2) is 62.1 Å². The molecule has 1 amide bonds. The molecular formula is C37H38ClFN6O5. The SMILES string of the molecule is C=CC(=O)N1CC2CCOc3c(c4cc(Cl)c(-c5c(C)ccc6[nH]c(=O)oc56)c(F)c4n(-c4c(C(C)C)ncnc4C(C)C)c3=O)N2CC1C. The van der Waals surface area contributed by atoms with Gasteiger partial charge in [-0.2, -0.15) is 0 Å². The van der Waals surface area contributed by atoms with Crippen molar-refractivity contribution in [2.45, 2.75) is 71.9 Å². The zero-order valence-electron chi connectivity index (χ0n) is 28.8. The van der Waals surface area contributed by atoms with Gasteiger partial charge >= 0.3 is 5.76 Å². The molecule has 5 aromatic rings. The first-order chi connectivity index (χ1) is 23.8. The summed E-state index contributed by atoms with van der Waals surface area (Å²) in [7, 11) is 0. The lowest BCUT2D eigenvalue weighted by molar-refractivity contribution is -0.129. The van der Waals surface area contributed by atoms with Crippen LogP contribution in [0.2, 0.25) is 5.02 Å². The van der Waals surface area contributed by atoms with Crippen LogP contribution in [0.4, 0.5) is 10.1 Å². The number of halogens is 2. The minimum Gasteiger partial charge on any atom is -0.486 e. The first-order valence-corrected chi connectivity index (χ1v) is 17.1. The molecule has 2 aliphatic heterocycles. The van der Waals surface area contributed by atoms with Crippen LogP contribution >= 0.6 is 11.6 Å². The molecule has 5 heterocycles. The van der Waals surface area contributed by atoms with E-state index >= 15 is 9.18 Å². The molecule has 7 rings (SSSR count). The van der Waals surface area contributed by atoms with Gasteiger partial charge in [0.1, 0.15) is 6.33 Å². The van der Waals surface area contributed by atoms with Crippen molar-refractivity contribution in [3.8, 4) is 22.6 Å². The maximum Gasteiger partial charge on any atom is 0.417 e. The van der Waals surface area contributed by atoms with Gasteiger partial charge in [-0.15, -0.1) is 0 Å². The van der Waals surface area contributed by atoms with E-state index in [9.17, 15) is 9.59 Å². The van der Waals surface area contributed by atoms with Crippen LogP contribution in [-0.2, 0) is 4.79 Å². The largest absolute Gasteiger partial charge is 0.486 e. The van der Waals surface area contributed by atoms with Crippen LogP contribution in [0, 0.1) is 12.7 Å². The molecule has 2 atom stereocenters. The van der Waals surface area contributed by atoms with Gasteiger partial charge in [-0.1, -0.05) is 51.9 Å². The smallest absolute Gasteiger partial charge is 0.417 e. The summed E-state index contributed by atoms with van der Waals surface area (Å²) in [6.07, 6.45) is 3.27. The number of carbonyl (C=O) groups is 1. The molecule has 3 aromatic heterocycles. The van der Waals surface area contributed by atoms with Gasteiger partial charge in [0.05, 0.1) is 51.5 Å². The molecule has 1 N–H and O–H groups in total.